The maximum absolute atomic E-state index is 12.0. The standard InChI is InChI=1S/C11H22N8O4/c12-6-4-8(16-5-6)10(21)17-7(9(13)20)2-1-3-15-11(14)18-19(22)23/h6-8,16H,1-5,12H2,(H2,13,20)(H,17,21)(H3,14,15,18)/t6-,7-,8-/m1/s1. The molecule has 0 unspecified atom stereocenters. The Morgan fingerprint density at radius 1 is 1.43 bits per heavy atom. The summed E-state index contributed by atoms with van der Waals surface area (Å²) in [7, 11) is 0. The number of primary amides is 1. The van der Waals surface area contributed by atoms with Crippen molar-refractivity contribution in [1.82, 2.24) is 16.1 Å². The molecule has 12 heteroatoms. The minimum atomic E-state index is -0.846. The van der Waals surface area contributed by atoms with Gasteiger partial charge in [-0.3, -0.25) is 9.59 Å². The minimum Gasteiger partial charge on any atom is -0.368 e. The molecule has 1 heterocycles. The zero-order valence-corrected chi connectivity index (χ0v) is 12.5. The fourth-order valence-electron chi connectivity index (χ4n) is 2.14. The Balaban J connectivity index is 2.39. The normalized spacial score (nSPS) is 22.4. The van der Waals surface area contributed by atoms with Gasteiger partial charge in [-0.05, 0) is 19.3 Å². The molecule has 2 amide bonds. The minimum absolute atomic E-state index is 0.0933. The van der Waals surface area contributed by atoms with Crippen molar-refractivity contribution in [3.63, 3.8) is 0 Å². The smallest absolute Gasteiger partial charge is 0.251 e. The molecule has 0 spiro atoms. The topological polar surface area (TPSA) is 204 Å². The second-order valence-corrected chi connectivity index (χ2v) is 5.20. The van der Waals surface area contributed by atoms with Gasteiger partial charge >= 0.3 is 0 Å². The van der Waals surface area contributed by atoms with Crippen molar-refractivity contribution in [3.8, 4) is 0 Å². The summed E-state index contributed by atoms with van der Waals surface area (Å²) in [5.41, 5.74) is 17.9. The van der Waals surface area contributed by atoms with Gasteiger partial charge in [0, 0.05) is 19.1 Å². The van der Waals surface area contributed by atoms with Crippen LogP contribution in [0, 0.1) is 10.1 Å². The monoisotopic (exact) mass is 330 g/mol. The van der Waals surface area contributed by atoms with Crippen molar-refractivity contribution in [1.29, 1.82) is 0 Å². The summed E-state index contributed by atoms with van der Waals surface area (Å²) in [6.45, 7) is 0.690. The highest BCUT2D eigenvalue weighted by Crippen LogP contribution is 2.06. The number of amides is 2. The van der Waals surface area contributed by atoms with Gasteiger partial charge in [0.15, 0.2) is 5.03 Å². The number of guanidine groups is 1. The van der Waals surface area contributed by atoms with Crippen LogP contribution in [0.4, 0.5) is 0 Å². The van der Waals surface area contributed by atoms with Gasteiger partial charge in [-0.25, -0.2) is 15.1 Å². The molecular formula is C11H22N8O4. The van der Waals surface area contributed by atoms with Crippen LogP contribution < -0.4 is 33.3 Å². The first-order chi connectivity index (χ1) is 10.8. The number of carbonyl (C=O) groups is 2. The van der Waals surface area contributed by atoms with Gasteiger partial charge in [-0.15, -0.1) is 0 Å². The maximum Gasteiger partial charge on any atom is 0.251 e. The number of nitrogens with zero attached hydrogens (tertiary/aromatic N) is 2. The molecule has 3 atom stereocenters. The molecule has 0 bridgehead atoms. The third kappa shape index (κ3) is 6.88. The Morgan fingerprint density at radius 3 is 2.65 bits per heavy atom. The number of nitrogens with two attached hydrogens (primary N) is 3. The molecule has 0 aromatic carbocycles. The molecule has 0 aromatic heterocycles. The first kappa shape index (κ1) is 18.6. The predicted molar refractivity (Wildman–Crippen MR) is 81.4 cm³/mol. The molecule has 23 heavy (non-hydrogen) atoms. The maximum atomic E-state index is 12.0. The number of hydrogen-bond donors (Lipinski definition) is 6. The molecule has 0 aromatic rings. The van der Waals surface area contributed by atoms with E-state index in [4.69, 9.17) is 17.2 Å². The van der Waals surface area contributed by atoms with Crippen molar-refractivity contribution in [3.05, 3.63) is 10.1 Å². The van der Waals surface area contributed by atoms with Crippen molar-refractivity contribution < 1.29 is 14.6 Å². The highest BCUT2D eigenvalue weighted by molar-refractivity contribution is 5.89. The van der Waals surface area contributed by atoms with Gasteiger partial charge < -0.3 is 27.8 Å². The van der Waals surface area contributed by atoms with Gasteiger partial charge in [-0.1, -0.05) is 5.43 Å². The summed E-state index contributed by atoms with van der Waals surface area (Å²) in [6.07, 6.45) is 1.10. The molecule has 0 aliphatic carbocycles. The molecule has 130 valence electrons. The Bertz CT molecular complexity index is 483. The second-order valence-electron chi connectivity index (χ2n) is 5.20. The summed E-state index contributed by atoms with van der Waals surface area (Å²) >= 11 is 0. The number of hydrazine groups is 1. The van der Waals surface area contributed by atoms with Crippen LogP contribution in [-0.4, -0.2) is 54.0 Å². The summed E-state index contributed by atoms with van der Waals surface area (Å²) in [6, 6.07) is -1.38. The van der Waals surface area contributed by atoms with Crippen LogP contribution in [0.3, 0.4) is 0 Å². The van der Waals surface area contributed by atoms with Crippen molar-refractivity contribution in [2.24, 2.45) is 22.2 Å². The fraction of sp³-hybridized carbons (Fsp3) is 0.727. The molecular weight excluding hydrogens is 308 g/mol. The van der Waals surface area contributed by atoms with Crippen LogP contribution in [0.15, 0.2) is 4.99 Å². The van der Waals surface area contributed by atoms with E-state index >= 15 is 0 Å². The Hall–Kier alpha value is -2.47. The van der Waals surface area contributed by atoms with Crippen LogP contribution in [0.25, 0.3) is 0 Å². The zero-order chi connectivity index (χ0) is 17.4. The van der Waals surface area contributed by atoms with Crippen molar-refractivity contribution >= 4 is 17.8 Å². The van der Waals surface area contributed by atoms with Gasteiger partial charge in [-0.2, -0.15) is 0 Å². The van der Waals surface area contributed by atoms with E-state index in [1.165, 1.54) is 0 Å². The lowest BCUT2D eigenvalue weighted by molar-refractivity contribution is -0.525. The average Bonchev–Trinajstić information content (AvgIpc) is 2.87. The summed E-state index contributed by atoms with van der Waals surface area (Å²) in [4.78, 5) is 37.2. The first-order valence-electron chi connectivity index (χ1n) is 7.09. The molecule has 1 saturated heterocycles. The molecule has 12 nitrogen and oxygen atoms in total. The third-order valence-corrected chi connectivity index (χ3v) is 3.28. The number of rotatable bonds is 8. The Morgan fingerprint density at radius 2 is 2.13 bits per heavy atom. The van der Waals surface area contributed by atoms with Crippen LogP contribution in [0.1, 0.15) is 19.3 Å². The van der Waals surface area contributed by atoms with E-state index in [9.17, 15) is 19.7 Å². The first-order valence-corrected chi connectivity index (χ1v) is 7.09. The molecule has 0 radical (unpaired) electrons. The summed E-state index contributed by atoms with van der Waals surface area (Å²) in [5.74, 6) is -1.33. The Labute approximate surface area is 132 Å². The van der Waals surface area contributed by atoms with Gasteiger partial charge in [0.05, 0.1) is 6.04 Å². The molecule has 1 rings (SSSR count). The third-order valence-electron chi connectivity index (χ3n) is 3.28. The number of hydrogen-bond acceptors (Lipinski definition) is 7. The molecule has 1 fully saturated rings. The average molecular weight is 330 g/mol. The zero-order valence-electron chi connectivity index (χ0n) is 12.5. The summed E-state index contributed by atoms with van der Waals surface area (Å²) in [5, 5.41) is 14.8. The number of nitrogens with one attached hydrogen (secondary N) is 3. The van der Waals surface area contributed by atoms with E-state index in [1.54, 1.807) is 5.43 Å². The van der Waals surface area contributed by atoms with E-state index in [-0.39, 0.29) is 30.9 Å². The van der Waals surface area contributed by atoms with Crippen LogP contribution >= 0.6 is 0 Å². The van der Waals surface area contributed by atoms with E-state index < -0.39 is 23.0 Å². The molecule has 9 N–H and O–H groups in total. The molecule has 1 aliphatic rings. The fourth-order valence-corrected chi connectivity index (χ4v) is 2.14. The molecule has 1 aliphatic heterocycles. The van der Waals surface area contributed by atoms with Crippen molar-refractivity contribution in [2.45, 2.75) is 37.4 Å². The van der Waals surface area contributed by atoms with E-state index in [1.807, 2.05) is 0 Å². The predicted octanol–water partition coefficient (Wildman–Crippen LogP) is -3.48. The van der Waals surface area contributed by atoms with Crippen LogP contribution in [-0.2, 0) is 9.59 Å². The lowest BCUT2D eigenvalue weighted by Crippen LogP contribution is -2.50. The number of aliphatic imine (C=N–C) groups is 1. The largest absolute Gasteiger partial charge is 0.368 e. The van der Waals surface area contributed by atoms with E-state index in [0.29, 0.717) is 19.4 Å². The Kier molecular flexibility index (Phi) is 7.15. The molecule has 0 saturated carbocycles. The number of carbonyl (C=O) groups excluding carboxylic acids is 2. The quantitative estimate of drug-likeness (QED) is 0.0864. The van der Waals surface area contributed by atoms with Gasteiger partial charge in [0.25, 0.3) is 5.96 Å². The number of nitro groups is 1. The van der Waals surface area contributed by atoms with Crippen LogP contribution in [0.2, 0.25) is 0 Å². The van der Waals surface area contributed by atoms with E-state index in [2.05, 4.69) is 15.6 Å². The SMILES string of the molecule is NC(=O)[C@@H](CCCN=C(N)N[N+](=O)[O-])NC(=O)[C@H]1C[C@@H](N)CN1. The lowest BCUT2D eigenvalue weighted by Gasteiger charge is -2.18. The van der Waals surface area contributed by atoms with Gasteiger partial charge in [0.1, 0.15) is 6.04 Å². The van der Waals surface area contributed by atoms with Crippen LogP contribution in [0.5, 0.6) is 0 Å². The second kappa shape index (κ2) is 8.85. The summed E-state index contributed by atoms with van der Waals surface area (Å²) < 4.78 is 0. The lowest BCUT2D eigenvalue weighted by atomic mass is 10.1. The van der Waals surface area contributed by atoms with Crippen molar-refractivity contribution in [2.75, 3.05) is 13.1 Å². The highest BCUT2D eigenvalue weighted by atomic mass is 16.7. The highest BCUT2D eigenvalue weighted by Gasteiger charge is 2.29. The van der Waals surface area contributed by atoms with E-state index in [0.717, 1.165) is 0 Å². The van der Waals surface area contributed by atoms with Gasteiger partial charge in [0.2, 0.25) is 11.8 Å².